The van der Waals surface area contributed by atoms with Crippen LogP contribution in [0.5, 0.6) is 0 Å². The first-order valence-corrected chi connectivity index (χ1v) is 5.70. The maximum atomic E-state index is 9.87. The van der Waals surface area contributed by atoms with E-state index in [0.29, 0.717) is 6.42 Å². The lowest BCUT2D eigenvalue weighted by molar-refractivity contribution is 0.0164. The van der Waals surface area contributed by atoms with Gasteiger partial charge in [-0.25, -0.2) is 0 Å². The second-order valence-corrected chi connectivity index (χ2v) is 4.30. The van der Waals surface area contributed by atoms with Crippen LogP contribution in [0.2, 0.25) is 0 Å². The molecule has 1 aromatic rings. The van der Waals surface area contributed by atoms with Crippen LogP contribution < -0.4 is 0 Å². The monoisotopic (exact) mass is 206 g/mol. The predicted molar refractivity (Wildman–Crippen MR) is 59.7 cm³/mol. The number of aryl methyl sites for hydroxylation is 2. The molecule has 0 heterocycles. The van der Waals surface area contributed by atoms with Crippen molar-refractivity contribution in [1.29, 1.82) is 0 Å². The van der Waals surface area contributed by atoms with E-state index in [4.69, 9.17) is 0 Å². The van der Waals surface area contributed by atoms with E-state index < -0.39 is 12.2 Å². The molecule has 1 aliphatic carbocycles. The van der Waals surface area contributed by atoms with Crippen LogP contribution >= 0.6 is 0 Å². The molecule has 15 heavy (non-hydrogen) atoms. The zero-order valence-electron chi connectivity index (χ0n) is 9.11. The van der Waals surface area contributed by atoms with Gasteiger partial charge in [-0.2, -0.15) is 0 Å². The van der Waals surface area contributed by atoms with Crippen molar-refractivity contribution < 1.29 is 10.2 Å². The fourth-order valence-corrected chi connectivity index (χ4v) is 2.22. The molecule has 0 bridgehead atoms. The van der Waals surface area contributed by atoms with Crippen LogP contribution in [0.25, 0.3) is 0 Å². The topological polar surface area (TPSA) is 40.5 Å². The summed E-state index contributed by atoms with van der Waals surface area (Å²) in [5.74, 6) is 0. The van der Waals surface area contributed by atoms with Crippen LogP contribution in [0, 0.1) is 0 Å². The molecular formula is C13H18O2. The van der Waals surface area contributed by atoms with Gasteiger partial charge in [0.05, 0.1) is 6.10 Å². The summed E-state index contributed by atoms with van der Waals surface area (Å²) >= 11 is 0. The van der Waals surface area contributed by atoms with E-state index in [0.717, 1.165) is 18.4 Å². The highest BCUT2D eigenvalue weighted by atomic mass is 16.3. The van der Waals surface area contributed by atoms with E-state index in [1.54, 1.807) is 0 Å². The van der Waals surface area contributed by atoms with Crippen molar-refractivity contribution in [3.63, 3.8) is 0 Å². The largest absolute Gasteiger partial charge is 0.390 e. The van der Waals surface area contributed by atoms with Crippen molar-refractivity contribution in [2.24, 2.45) is 0 Å². The molecule has 2 nitrogen and oxygen atoms in total. The third kappa shape index (κ3) is 2.06. The van der Waals surface area contributed by atoms with Crippen molar-refractivity contribution in [2.45, 2.75) is 44.8 Å². The van der Waals surface area contributed by atoms with Crippen LogP contribution in [0.1, 0.15) is 42.6 Å². The quantitative estimate of drug-likeness (QED) is 0.794. The van der Waals surface area contributed by atoms with Crippen LogP contribution in [0.15, 0.2) is 18.2 Å². The van der Waals surface area contributed by atoms with Gasteiger partial charge in [0, 0.05) is 0 Å². The highest BCUT2D eigenvalue weighted by Gasteiger charge is 2.18. The van der Waals surface area contributed by atoms with E-state index >= 15 is 0 Å². The summed E-state index contributed by atoms with van der Waals surface area (Å²) in [6, 6.07) is 6.07. The Bertz CT molecular complexity index is 346. The van der Waals surface area contributed by atoms with Crippen LogP contribution in [-0.4, -0.2) is 16.3 Å². The molecular weight excluding hydrogens is 188 g/mol. The van der Waals surface area contributed by atoms with Crippen LogP contribution in [0.4, 0.5) is 0 Å². The molecule has 82 valence electrons. The highest BCUT2D eigenvalue weighted by molar-refractivity contribution is 5.36. The molecule has 0 radical (unpaired) electrons. The SMILES string of the molecule is CCC(O)C(O)c1ccc2c(c1)CCC2. The zero-order chi connectivity index (χ0) is 10.8. The normalized spacial score (nSPS) is 18.6. The molecule has 2 rings (SSSR count). The molecule has 0 amide bonds. The molecule has 2 heteroatoms. The van der Waals surface area contributed by atoms with Gasteiger partial charge in [-0.15, -0.1) is 0 Å². The number of hydrogen-bond acceptors (Lipinski definition) is 2. The number of hydrogen-bond donors (Lipinski definition) is 2. The van der Waals surface area contributed by atoms with Crippen molar-refractivity contribution in [2.75, 3.05) is 0 Å². The number of aliphatic hydroxyl groups is 2. The number of fused-ring (bicyclic) bond motifs is 1. The Labute approximate surface area is 90.6 Å². The van der Waals surface area contributed by atoms with Crippen molar-refractivity contribution in [3.8, 4) is 0 Å². The zero-order valence-corrected chi connectivity index (χ0v) is 9.11. The molecule has 1 aromatic carbocycles. The number of rotatable bonds is 3. The minimum absolute atomic E-state index is 0.582. The minimum atomic E-state index is -0.735. The number of benzene rings is 1. The second kappa shape index (κ2) is 4.33. The summed E-state index contributed by atoms with van der Waals surface area (Å²) in [4.78, 5) is 0. The van der Waals surface area contributed by atoms with Gasteiger partial charge in [0.25, 0.3) is 0 Å². The van der Waals surface area contributed by atoms with Crippen molar-refractivity contribution in [3.05, 3.63) is 34.9 Å². The average molecular weight is 206 g/mol. The summed E-state index contributed by atoms with van der Waals surface area (Å²) in [5, 5.41) is 19.4. The van der Waals surface area contributed by atoms with Crippen LogP contribution in [0.3, 0.4) is 0 Å². The Morgan fingerprint density at radius 3 is 2.67 bits per heavy atom. The van der Waals surface area contributed by atoms with Gasteiger partial charge in [0.15, 0.2) is 0 Å². The first-order chi connectivity index (χ1) is 7.22. The molecule has 0 saturated heterocycles. The summed E-state index contributed by atoms with van der Waals surface area (Å²) in [5.41, 5.74) is 3.59. The fraction of sp³-hybridized carbons (Fsp3) is 0.538. The first kappa shape index (κ1) is 10.7. The van der Waals surface area contributed by atoms with Gasteiger partial charge >= 0.3 is 0 Å². The van der Waals surface area contributed by atoms with Gasteiger partial charge in [-0.3, -0.25) is 0 Å². The van der Waals surface area contributed by atoms with Gasteiger partial charge in [0.1, 0.15) is 6.10 Å². The predicted octanol–water partition coefficient (Wildman–Crippen LogP) is 1.98. The Balaban J connectivity index is 2.22. The first-order valence-electron chi connectivity index (χ1n) is 5.70. The average Bonchev–Trinajstić information content (AvgIpc) is 2.73. The molecule has 0 fully saturated rings. The van der Waals surface area contributed by atoms with Crippen molar-refractivity contribution in [1.82, 2.24) is 0 Å². The Hall–Kier alpha value is -0.860. The Kier molecular flexibility index (Phi) is 3.08. The maximum Gasteiger partial charge on any atom is 0.105 e. The van der Waals surface area contributed by atoms with Gasteiger partial charge in [0.2, 0.25) is 0 Å². The highest BCUT2D eigenvalue weighted by Crippen LogP contribution is 2.27. The lowest BCUT2D eigenvalue weighted by atomic mass is 9.99. The Morgan fingerprint density at radius 1 is 1.20 bits per heavy atom. The summed E-state index contributed by atoms with van der Waals surface area (Å²) in [7, 11) is 0. The fourth-order valence-electron chi connectivity index (χ4n) is 2.22. The van der Waals surface area contributed by atoms with E-state index in [2.05, 4.69) is 6.07 Å². The van der Waals surface area contributed by atoms with Crippen LogP contribution in [-0.2, 0) is 12.8 Å². The summed E-state index contributed by atoms with van der Waals surface area (Å²) < 4.78 is 0. The smallest absolute Gasteiger partial charge is 0.105 e. The molecule has 1 aliphatic rings. The summed E-state index contributed by atoms with van der Waals surface area (Å²) in [6.07, 6.45) is 2.68. The van der Waals surface area contributed by atoms with Gasteiger partial charge in [-0.05, 0) is 42.4 Å². The van der Waals surface area contributed by atoms with Gasteiger partial charge < -0.3 is 10.2 Å². The van der Waals surface area contributed by atoms with Gasteiger partial charge in [-0.1, -0.05) is 25.1 Å². The van der Waals surface area contributed by atoms with E-state index in [1.807, 2.05) is 19.1 Å². The lowest BCUT2D eigenvalue weighted by Crippen LogP contribution is -2.17. The van der Waals surface area contributed by atoms with E-state index in [9.17, 15) is 10.2 Å². The molecule has 0 spiro atoms. The molecule has 2 atom stereocenters. The lowest BCUT2D eigenvalue weighted by Gasteiger charge is -2.17. The third-order valence-corrected chi connectivity index (χ3v) is 3.25. The summed E-state index contributed by atoms with van der Waals surface area (Å²) in [6.45, 7) is 1.88. The minimum Gasteiger partial charge on any atom is -0.390 e. The van der Waals surface area contributed by atoms with Crippen molar-refractivity contribution >= 4 is 0 Å². The molecule has 0 saturated carbocycles. The molecule has 0 aromatic heterocycles. The second-order valence-electron chi connectivity index (χ2n) is 4.30. The maximum absolute atomic E-state index is 9.87. The molecule has 2 N–H and O–H groups in total. The Morgan fingerprint density at radius 2 is 1.93 bits per heavy atom. The van der Waals surface area contributed by atoms with E-state index in [-0.39, 0.29) is 0 Å². The molecule has 0 aliphatic heterocycles. The standard InChI is InChI=1S/C13H18O2/c1-2-12(14)13(15)11-7-6-9-4-3-5-10(9)8-11/h6-8,12-15H,2-5H2,1H3. The molecule has 2 unspecified atom stereocenters. The number of aliphatic hydroxyl groups excluding tert-OH is 2. The van der Waals surface area contributed by atoms with E-state index in [1.165, 1.54) is 17.5 Å². The third-order valence-electron chi connectivity index (χ3n) is 3.25.